The lowest BCUT2D eigenvalue weighted by Crippen LogP contribution is -2.15. The molecule has 0 unspecified atom stereocenters. The summed E-state index contributed by atoms with van der Waals surface area (Å²) in [6.07, 6.45) is 6.52. The number of aromatic nitrogens is 6. The number of aromatic amines is 1. The summed E-state index contributed by atoms with van der Waals surface area (Å²) >= 11 is 1.58. The number of hydrogen-bond acceptors (Lipinski definition) is 9. The van der Waals surface area contributed by atoms with E-state index in [4.69, 9.17) is 9.47 Å². The number of ether oxygens (including phenoxy) is 2. The molecule has 1 aliphatic carbocycles. The first-order chi connectivity index (χ1) is 16.1. The van der Waals surface area contributed by atoms with Crippen molar-refractivity contribution in [2.75, 3.05) is 12.4 Å². The highest BCUT2D eigenvalue weighted by molar-refractivity contribution is 7.19. The molecule has 4 aromatic heterocycles. The maximum absolute atomic E-state index is 6.24. The van der Waals surface area contributed by atoms with Gasteiger partial charge in [0.05, 0.1) is 23.0 Å². The van der Waals surface area contributed by atoms with Crippen molar-refractivity contribution >= 4 is 33.2 Å². The van der Waals surface area contributed by atoms with Crippen LogP contribution in [0.15, 0.2) is 30.6 Å². The van der Waals surface area contributed by atoms with Crippen LogP contribution < -0.4 is 10.1 Å². The van der Waals surface area contributed by atoms with Crippen LogP contribution in [0.1, 0.15) is 61.2 Å². The van der Waals surface area contributed by atoms with Crippen molar-refractivity contribution in [1.82, 2.24) is 30.4 Å². The van der Waals surface area contributed by atoms with Crippen LogP contribution in [0.5, 0.6) is 5.88 Å². The van der Waals surface area contributed by atoms with E-state index in [0.717, 1.165) is 57.4 Å². The lowest BCUT2D eigenvalue weighted by Gasteiger charge is -2.16. The summed E-state index contributed by atoms with van der Waals surface area (Å²) in [6, 6.07) is 5.96. The third kappa shape index (κ3) is 4.67. The molecule has 5 rings (SSSR count). The van der Waals surface area contributed by atoms with Crippen LogP contribution in [0.25, 0.3) is 10.2 Å². The Hall–Kier alpha value is -3.11. The van der Waals surface area contributed by atoms with Gasteiger partial charge in [0.15, 0.2) is 11.6 Å². The first-order valence-corrected chi connectivity index (χ1v) is 12.0. The Kier molecular flexibility index (Phi) is 6.19. The van der Waals surface area contributed by atoms with Gasteiger partial charge in [0.2, 0.25) is 5.88 Å². The van der Waals surface area contributed by atoms with Crippen molar-refractivity contribution in [3.8, 4) is 5.88 Å². The zero-order valence-electron chi connectivity index (χ0n) is 18.9. The molecule has 0 aliphatic heterocycles. The van der Waals surface area contributed by atoms with Crippen molar-refractivity contribution in [2.24, 2.45) is 0 Å². The standard InChI is InChI=1S/C23H27N7O2S/c1-13(2)16-6-9-25-30-23(16)32-15-5-4-14(10-15)18-11-19(29-28-18)27-22-21-17(7-8-24-22)26-20(33-21)12-31-3/h6-9,11,13-15H,4-5,10,12H2,1-3H3,(H2,24,27,28,29)/t14-,15+/m0/s1. The Morgan fingerprint density at radius 2 is 2.15 bits per heavy atom. The van der Waals surface area contributed by atoms with Crippen molar-refractivity contribution in [1.29, 1.82) is 0 Å². The molecule has 33 heavy (non-hydrogen) atoms. The lowest BCUT2D eigenvalue weighted by molar-refractivity contribution is 0.184. The second kappa shape index (κ2) is 9.40. The number of nitrogens with one attached hydrogen (secondary N) is 2. The number of H-pyrrole nitrogens is 1. The van der Waals surface area contributed by atoms with E-state index in [2.05, 4.69) is 55.6 Å². The number of hydrogen-bond donors (Lipinski definition) is 2. The molecule has 1 saturated carbocycles. The summed E-state index contributed by atoms with van der Waals surface area (Å²) in [6.45, 7) is 4.77. The first-order valence-electron chi connectivity index (χ1n) is 11.1. The van der Waals surface area contributed by atoms with Gasteiger partial charge in [-0.3, -0.25) is 5.10 Å². The molecule has 0 aromatic carbocycles. The largest absolute Gasteiger partial charge is 0.473 e. The molecule has 4 heterocycles. The third-order valence-corrected chi connectivity index (χ3v) is 6.95. The molecule has 2 N–H and O–H groups in total. The second-order valence-corrected chi connectivity index (χ2v) is 9.66. The average Bonchev–Trinajstić information content (AvgIpc) is 3.54. The average molecular weight is 466 g/mol. The van der Waals surface area contributed by atoms with Crippen LogP contribution in [-0.4, -0.2) is 43.6 Å². The molecule has 1 aliphatic rings. The van der Waals surface area contributed by atoms with E-state index in [9.17, 15) is 0 Å². The molecule has 0 bridgehead atoms. The minimum atomic E-state index is 0.121. The van der Waals surface area contributed by atoms with Gasteiger partial charge in [0, 0.05) is 36.5 Å². The van der Waals surface area contributed by atoms with Gasteiger partial charge in [-0.25, -0.2) is 9.97 Å². The summed E-state index contributed by atoms with van der Waals surface area (Å²) < 4.78 is 12.4. The van der Waals surface area contributed by atoms with Gasteiger partial charge in [0.25, 0.3) is 0 Å². The smallest absolute Gasteiger partial charge is 0.237 e. The molecule has 10 heteroatoms. The predicted octanol–water partition coefficient (Wildman–Crippen LogP) is 4.93. The Balaban J connectivity index is 1.26. The molecule has 0 saturated heterocycles. The SMILES string of the molecule is COCc1nc2ccnc(Nc3cc([C@H]4CC[C@@H](Oc5nnccc5C(C)C)C4)[nH]n3)c2s1. The van der Waals surface area contributed by atoms with E-state index in [1.807, 2.05) is 12.1 Å². The van der Waals surface area contributed by atoms with Gasteiger partial charge in [0.1, 0.15) is 11.1 Å². The van der Waals surface area contributed by atoms with E-state index in [1.165, 1.54) is 0 Å². The molecule has 172 valence electrons. The minimum Gasteiger partial charge on any atom is -0.473 e. The number of nitrogens with zero attached hydrogens (tertiary/aromatic N) is 5. The molecular formula is C23H27N7O2S. The fourth-order valence-corrected chi connectivity index (χ4v) is 5.23. The molecule has 0 radical (unpaired) electrons. The van der Waals surface area contributed by atoms with Gasteiger partial charge in [-0.2, -0.15) is 10.2 Å². The minimum absolute atomic E-state index is 0.121. The predicted molar refractivity (Wildman–Crippen MR) is 127 cm³/mol. The van der Waals surface area contributed by atoms with E-state index >= 15 is 0 Å². The van der Waals surface area contributed by atoms with Crippen molar-refractivity contribution < 1.29 is 9.47 Å². The normalized spacial score (nSPS) is 18.3. The van der Waals surface area contributed by atoms with E-state index in [-0.39, 0.29) is 6.10 Å². The van der Waals surface area contributed by atoms with Gasteiger partial charge < -0.3 is 14.8 Å². The molecular weight excluding hydrogens is 438 g/mol. The maximum Gasteiger partial charge on any atom is 0.237 e. The molecule has 4 aromatic rings. The van der Waals surface area contributed by atoms with Gasteiger partial charge >= 0.3 is 0 Å². The monoisotopic (exact) mass is 465 g/mol. The molecule has 9 nitrogen and oxygen atoms in total. The number of rotatable bonds is 8. The van der Waals surface area contributed by atoms with Crippen molar-refractivity contribution in [2.45, 2.75) is 57.7 Å². The number of methoxy groups -OCH3 is 1. The Labute approximate surface area is 196 Å². The Morgan fingerprint density at radius 1 is 1.24 bits per heavy atom. The van der Waals surface area contributed by atoms with Gasteiger partial charge in [-0.05, 0) is 37.3 Å². The van der Waals surface area contributed by atoms with E-state index in [1.54, 1.807) is 30.8 Å². The van der Waals surface area contributed by atoms with Crippen LogP contribution in [0, 0.1) is 0 Å². The summed E-state index contributed by atoms with van der Waals surface area (Å²) in [7, 11) is 1.67. The fraction of sp³-hybridized carbons (Fsp3) is 0.435. The van der Waals surface area contributed by atoms with E-state index < -0.39 is 0 Å². The number of pyridine rings is 1. The lowest BCUT2D eigenvalue weighted by atomic mass is 10.0. The molecule has 0 amide bonds. The van der Waals surface area contributed by atoms with Crippen LogP contribution in [0.3, 0.4) is 0 Å². The fourth-order valence-electron chi connectivity index (χ4n) is 4.25. The quantitative estimate of drug-likeness (QED) is 0.377. The Bertz CT molecular complexity index is 1240. The summed E-state index contributed by atoms with van der Waals surface area (Å²) in [5.41, 5.74) is 3.10. The molecule has 2 atom stereocenters. The molecule has 0 spiro atoms. The van der Waals surface area contributed by atoms with Crippen LogP contribution in [0.4, 0.5) is 11.6 Å². The number of anilines is 2. The van der Waals surface area contributed by atoms with E-state index in [0.29, 0.717) is 24.3 Å². The summed E-state index contributed by atoms with van der Waals surface area (Å²) in [5.74, 6) is 2.85. The van der Waals surface area contributed by atoms with Crippen molar-refractivity contribution in [3.63, 3.8) is 0 Å². The molecule has 1 fully saturated rings. The summed E-state index contributed by atoms with van der Waals surface area (Å²) in [5, 5.41) is 20.2. The highest BCUT2D eigenvalue weighted by Crippen LogP contribution is 2.38. The number of thiazole rings is 1. The van der Waals surface area contributed by atoms with Crippen molar-refractivity contribution in [3.05, 3.63) is 46.9 Å². The van der Waals surface area contributed by atoms with Crippen LogP contribution in [-0.2, 0) is 11.3 Å². The zero-order chi connectivity index (χ0) is 22.8. The highest BCUT2D eigenvalue weighted by Gasteiger charge is 2.30. The highest BCUT2D eigenvalue weighted by atomic mass is 32.1. The third-order valence-electron chi connectivity index (χ3n) is 5.90. The maximum atomic E-state index is 6.24. The van der Waals surface area contributed by atoms with Crippen LogP contribution >= 0.6 is 11.3 Å². The Morgan fingerprint density at radius 3 is 3.00 bits per heavy atom. The summed E-state index contributed by atoms with van der Waals surface area (Å²) in [4.78, 5) is 9.09. The second-order valence-electron chi connectivity index (χ2n) is 8.58. The topological polar surface area (TPSA) is 111 Å². The first kappa shape index (κ1) is 21.7. The number of fused-ring (bicyclic) bond motifs is 1. The van der Waals surface area contributed by atoms with Gasteiger partial charge in [-0.15, -0.1) is 16.4 Å². The van der Waals surface area contributed by atoms with Gasteiger partial charge in [-0.1, -0.05) is 13.8 Å². The van der Waals surface area contributed by atoms with Crippen LogP contribution in [0.2, 0.25) is 0 Å². The zero-order valence-corrected chi connectivity index (χ0v) is 19.7.